The van der Waals surface area contributed by atoms with Crippen LogP contribution in [-0.4, -0.2) is 26.9 Å². The molecule has 0 aliphatic heterocycles. The lowest BCUT2D eigenvalue weighted by Gasteiger charge is -2.24. The quantitative estimate of drug-likeness (QED) is 0.827. The lowest BCUT2D eigenvalue weighted by molar-refractivity contribution is 0.0915. The molecular weight excluding hydrogens is 246 g/mol. The van der Waals surface area contributed by atoms with Gasteiger partial charge in [-0.2, -0.15) is 0 Å². The molecule has 0 unspecified atom stereocenters. The topological polar surface area (TPSA) is 54.9 Å². The molecule has 0 saturated heterocycles. The summed E-state index contributed by atoms with van der Waals surface area (Å²) in [7, 11) is 0. The number of alkyl halides is 1. The second-order valence-corrected chi connectivity index (χ2v) is 5.31. The summed E-state index contributed by atoms with van der Waals surface area (Å²) in [4.78, 5) is 12.6. The minimum absolute atomic E-state index is 0.109. The molecule has 1 rings (SSSR count). The van der Waals surface area contributed by atoms with Crippen molar-refractivity contribution in [3.8, 4) is 0 Å². The van der Waals surface area contributed by atoms with Crippen molar-refractivity contribution in [3.63, 3.8) is 0 Å². The van der Waals surface area contributed by atoms with E-state index in [0.717, 1.165) is 30.1 Å². The largest absolute Gasteiger partial charge is 0.346 e. The summed E-state index contributed by atoms with van der Waals surface area (Å²) in [5.74, 6) is 0.413. The number of halogens is 1. The zero-order chi connectivity index (χ0) is 12.2. The Morgan fingerprint density at radius 1 is 1.56 bits per heavy atom. The van der Waals surface area contributed by atoms with Crippen molar-refractivity contribution in [1.82, 2.24) is 14.9 Å². The maximum Gasteiger partial charge on any atom is 0.265 e. The Balaban J connectivity index is 2.72. The maximum atomic E-state index is 12.0. The van der Waals surface area contributed by atoms with E-state index in [9.17, 15) is 4.79 Å². The summed E-state index contributed by atoms with van der Waals surface area (Å²) < 4.78 is 3.79. The third-order valence-electron chi connectivity index (χ3n) is 2.27. The monoisotopic (exact) mass is 261 g/mol. The highest BCUT2D eigenvalue weighted by Gasteiger charge is 2.23. The molecule has 1 N–H and O–H groups in total. The van der Waals surface area contributed by atoms with Crippen molar-refractivity contribution in [2.75, 3.05) is 5.88 Å². The standard InChI is InChI=1S/C10H16ClN3OS/c1-4-7-8(16-14-13-7)9(15)12-10(2,3)5-6-11/h4-6H2,1-3H3,(H,12,15). The number of aryl methyl sites for hydroxylation is 1. The molecule has 90 valence electrons. The molecule has 0 bridgehead atoms. The second kappa shape index (κ2) is 5.59. The van der Waals surface area contributed by atoms with Crippen LogP contribution in [0.25, 0.3) is 0 Å². The van der Waals surface area contributed by atoms with E-state index in [-0.39, 0.29) is 11.4 Å². The van der Waals surface area contributed by atoms with Crippen molar-refractivity contribution >= 4 is 29.0 Å². The van der Waals surface area contributed by atoms with Gasteiger partial charge in [-0.1, -0.05) is 11.4 Å². The van der Waals surface area contributed by atoms with Gasteiger partial charge in [-0.3, -0.25) is 4.79 Å². The van der Waals surface area contributed by atoms with Gasteiger partial charge in [0.05, 0.1) is 5.69 Å². The first-order valence-corrected chi connectivity index (χ1v) is 6.50. The molecule has 0 aliphatic carbocycles. The number of carbonyl (C=O) groups is 1. The van der Waals surface area contributed by atoms with Gasteiger partial charge in [0, 0.05) is 11.4 Å². The normalized spacial score (nSPS) is 11.5. The van der Waals surface area contributed by atoms with E-state index in [1.807, 2.05) is 20.8 Å². The SMILES string of the molecule is CCc1nnsc1C(=O)NC(C)(C)CCCl. The van der Waals surface area contributed by atoms with Gasteiger partial charge in [-0.25, -0.2) is 0 Å². The molecule has 1 amide bonds. The molecule has 6 heteroatoms. The van der Waals surface area contributed by atoms with Crippen molar-refractivity contribution in [3.05, 3.63) is 10.6 Å². The van der Waals surface area contributed by atoms with Crippen molar-refractivity contribution in [2.45, 2.75) is 39.2 Å². The van der Waals surface area contributed by atoms with Gasteiger partial charge >= 0.3 is 0 Å². The molecule has 1 heterocycles. The lowest BCUT2D eigenvalue weighted by atomic mass is 10.0. The summed E-state index contributed by atoms with van der Waals surface area (Å²) >= 11 is 6.81. The highest BCUT2D eigenvalue weighted by atomic mass is 35.5. The smallest absolute Gasteiger partial charge is 0.265 e. The highest BCUT2D eigenvalue weighted by molar-refractivity contribution is 7.08. The summed E-state index contributed by atoms with van der Waals surface area (Å²) in [6, 6.07) is 0. The Hall–Kier alpha value is -0.680. The fraction of sp³-hybridized carbons (Fsp3) is 0.700. The predicted molar refractivity (Wildman–Crippen MR) is 66.2 cm³/mol. The van der Waals surface area contributed by atoms with Gasteiger partial charge in [0.25, 0.3) is 5.91 Å². The van der Waals surface area contributed by atoms with Crippen LogP contribution < -0.4 is 5.32 Å². The van der Waals surface area contributed by atoms with Crippen LogP contribution in [0.5, 0.6) is 0 Å². The van der Waals surface area contributed by atoms with Crippen molar-refractivity contribution in [1.29, 1.82) is 0 Å². The Labute approximate surface area is 105 Å². The van der Waals surface area contributed by atoms with Crippen LogP contribution in [0.4, 0.5) is 0 Å². The summed E-state index contributed by atoms with van der Waals surface area (Å²) in [6.07, 6.45) is 1.45. The molecule has 4 nitrogen and oxygen atoms in total. The molecule has 1 aromatic rings. The van der Waals surface area contributed by atoms with Gasteiger partial charge in [0.15, 0.2) is 0 Å². The van der Waals surface area contributed by atoms with Crippen LogP contribution in [0, 0.1) is 0 Å². The first-order chi connectivity index (χ1) is 7.50. The molecular formula is C10H16ClN3OS. The molecule has 0 radical (unpaired) electrons. The van der Waals surface area contributed by atoms with Gasteiger partial charge in [-0.05, 0) is 38.2 Å². The average molecular weight is 262 g/mol. The number of hydrogen-bond acceptors (Lipinski definition) is 4. The number of amides is 1. The fourth-order valence-electron chi connectivity index (χ4n) is 1.28. The van der Waals surface area contributed by atoms with Crippen LogP contribution >= 0.6 is 23.1 Å². The molecule has 0 atom stereocenters. The maximum absolute atomic E-state index is 12.0. The fourth-order valence-corrected chi connectivity index (χ4v) is 2.39. The lowest BCUT2D eigenvalue weighted by Crippen LogP contribution is -2.43. The molecule has 0 spiro atoms. The third-order valence-corrected chi connectivity index (χ3v) is 3.22. The number of nitrogens with zero attached hydrogens (tertiary/aromatic N) is 2. The van der Waals surface area contributed by atoms with Gasteiger partial charge in [0.1, 0.15) is 4.88 Å². The Bertz CT molecular complexity index is 365. The Morgan fingerprint density at radius 3 is 2.81 bits per heavy atom. The van der Waals surface area contributed by atoms with E-state index in [1.54, 1.807) is 0 Å². The molecule has 0 aromatic carbocycles. The van der Waals surface area contributed by atoms with Crippen LogP contribution in [-0.2, 0) is 6.42 Å². The van der Waals surface area contributed by atoms with Crippen LogP contribution in [0.1, 0.15) is 42.6 Å². The van der Waals surface area contributed by atoms with E-state index in [1.165, 1.54) is 0 Å². The van der Waals surface area contributed by atoms with Gasteiger partial charge in [0.2, 0.25) is 0 Å². The van der Waals surface area contributed by atoms with E-state index in [0.29, 0.717) is 10.8 Å². The summed E-state index contributed by atoms with van der Waals surface area (Å²) in [5, 5.41) is 6.85. The highest BCUT2D eigenvalue weighted by Crippen LogP contribution is 2.15. The Morgan fingerprint density at radius 2 is 2.25 bits per heavy atom. The van der Waals surface area contributed by atoms with E-state index < -0.39 is 0 Å². The van der Waals surface area contributed by atoms with Crippen molar-refractivity contribution < 1.29 is 4.79 Å². The van der Waals surface area contributed by atoms with Crippen LogP contribution in [0.15, 0.2) is 0 Å². The predicted octanol–water partition coefficient (Wildman–Crippen LogP) is 2.24. The molecule has 0 saturated carbocycles. The minimum Gasteiger partial charge on any atom is -0.346 e. The summed E-state index contributed by atoms with van der Waals surface area (Å²) in [5.41, 5.74) is 0.456. The first kappa shape index (κ1) is 13.4. The number of carbonyl (C=O) groups excluding carboxylic acids is 1. The number of rotatable bonds is 5. The van der Waals surface area contributed by atoms with E-state index in [4.69, 9.17) is 11.6 Å². The average Bonchev–Trinajstić information content (AvgIpc) is 2.64. The van der Waals surface area contributed by atoms with Crippen LogP contribution in [0.2, 0.25) is 0 Å². The Kier molecular flexibility index (Phi) is 4.68. The summed E-state index contributed by atoms with van der Waals surface area (Å²) in [6.45, 7) is 5.86. The zero-order valence-corrected chi connectivity index (χ0v) is 11.3. The number of nitrogens with one attached hydrogen (secondary N) is 1. The molecule has 16 heavy (non-hydrogen) atoms. The molecule has 0 fully saturated rings. The second-order valence-electron chi connectivity index (χ2n) is 4.18. The molecule has 0 aliphatic rings. The zero-order valence-electron chi connectivity index (χ0n) is 9.71. The first-order valence-electron chi connectivity index (χ1n) is 5.20. The van der Waals surface area contributed by atoms with Crippen molar-refractivity contribution in [2.24, 2.45) is 0 Å². The van der Waals surface area contributed by atoms with Gasteiger partial charge in [-0.15, -0.1) is 16.7 Å². The minimum atomic E-state index is -0.298. The third kappa shape index (κ3) is 3.42. The molecule has 1 aromatic heterocycles. The van der Waals surface area contributed by atoms with Gasteiger partial charge < -0.3 is 5.32 Å². The van der Waals surface area contributed by atoms with Crippen LogP contribution in [0.3, 0.4) is 0 Å². The van der Waals surface area contributed by atoms with E-state index in [2.05, 4.69) is 14.9 Å². The van der Waals surface area contributed by atoms with E-state index >= 15 is 0 Å². The number of aromatic nitrogens is 2. The number of hydrogen-bond donors (Lipinski definition) is 1.